The van der Waals surface area contributed by atoms with Crippen molar-refractivity contribution in [1.82, 2.24) is 5.32 Å². The van der Waals surface area contributed by atoms with Crippen molar-refractivity contribution in [2.75, 3.05) is 26.3 Å². The summed E-state index contributed by atoms with van der Waals surface area (Å²) in [6.07, 6.45) is 2.11. The molecule has 0 aliphatic heterocycles. The molecule has 0 aromatic heterocycles. The number of aliphatic hydroxyl groups is 1. The van der Waals surface area contributed by atoms with E-state index in [2.05, 4.69) is 27.9 Å². The van der Waals surface area contributed by atoms with Gasteiger partial charge in [0.05, 0.1) is 13.2 Å². The van der Waals surface area contributed by atoms with Gasteiger partial charge < -0.3 is 15.2 Å². The molecule has 4 heteroatoms. The highest BCUT2D eigenvalue weighted by Gasteiger charge is 1.93. The highest BCUT2D eigenvalue weighted by molar-refractivity contribution is 14.1. The summed E-state index contributed by atoms with van der Waals surface area (Å²) in [5, 5.41) is 11.7. The average molecular weight is 335 g/mol. The maximum Gasteiger partial charge on any atom is 0.119 e. The summed E-state index contributed by atoms with van der Waals surface area (Å²) in [4.78, 5) is 0. The van der Waals surface area contributed by atoms with Crippen molar-refractivity contribution in [3.8, 4) is 5.75 Å². The van der Waals surface area contributed by atoms with Crippen LogP contribution < -0.4 is 10.1 Å². The molecule has 0 bridgehead atoms. The Bertz CT molecular complexity index is 277. The van der Waals surface area contributed by atoms with E-state index >= 15 is 0 Å². The van der Waals surface area contributed by atoms with E-state index < -0.39 is 0 Å². The lowest BCUT2D eigenvalue weighted by molar-refractivity contribution is 0.286. The molecule has 0 heterocycles. The van der Waals surface area contributed by atoms with E-state index in [1.165, 1.54) is 3.57 Å². The highest BCUT2D eigenvalue weighted by atomic mass is 127. The largest absolute Gasteiger partial charge is 0.494 e. The molecular formula is C12H18INO2. The normalized spacial score (nSPS) is 10.4. The van der Waals surface area contributed by atoms with Gasteiger partial charge in [-0.1, -0.05) is 0 Å². The number of aliphatic hydroxyl groups excluding tert-OH is 1. The second kappa shape index (κ2) is 8.78. The van der Waals surface area contributed by atoms with Gasteiger partial charge in [0.1, 0.15) is 5.75 Å². The van der Waals surface area contributed by atoms with Crippen LogP contribution in [-0.4, -0.2) is 31.4 Å². The van der Waals surface area contributed by atoms with Crippen LogP contribution in [0.1, 0.15) is 12.8 Å². The molecule has 0 aliphatic carbocycles. The van der Waals surface area contributed by atoms with Crippen molar-refractivity contribution in [3.05, 3.63) is 27.8 Å². The van der Waals surface area contributed by atoms with Crippen LogP contribution >= 0.6 is 22.6 Å². The molecule has 90 valence electrons. The summed E-state index contributed by atoms with van der Waals surface area (Å²) in [5.41, 5.74) is 0. The molecule has 0 fully saturated rings. The molecule has 16 heavy (non-hydrogen) atoms. The standard InChI is InChI=1S/C12H18INO2/c13-11-3-5-12(6-4-11)16-10-2-1-7-14-8-9-15/h3-6,14-15H,1-2,7-10H2. The van der Waals surface area contributed by atoms with Crippen molar-refractivity contribution in [1.29, 1.82) is 0 Å². The van der Waals surface area contributed by atoms with Gasteiger partial charge in [0.15, 0.2) is 0 Å². The number of hydrogen-bond donors (Lipinski definition) is 2. The first kappa shape index (κ1) is 13.7. The molecule has 2 N–H and O–H groups in total. The summed E-state index contributed by atoms with van der Waals surface area (Å²) in [7, 11) is 0. The van der Waals surface area contributed by atoms with Crippen LogP contribution in [0.15, 0.2) is 24.3 Å². The van der Waals surface area contributed by atoms with E-state index in [1.807, 2.05) is 24.3 Å². The summed E-state index contributed by atoms with van der Waals surface area (Å²) in [5.74, 6) is 0.934. The van der Waals surface area contributed by atoms with Crippen LogP contribution in [0, 0.1) is 3.57 Å². The number of ether oxygens (including phenoxy) is 1. The SMILES string of the molecule is OCCNCCCCOc1ccc(I)cc1. The molecule has 0 spiro atoms. The minimum absolute atomic E-state index is 0.207. The van der Waals surface area contributed by atoms with Gasteiger partial charge in [-0.25, -0.2) is 0 Å². The first-order chi connectivity index (χ1) is 7.83. The minimum Gasteiger partial charge on any atom is -0.494 e. The summed E-state index contributed by atoms with van der Waals surface area (Å²) in [6.45, 7) is 2.58. The molecule has 0 saturated carbocycles. The van der Waals surface area contributed by atoms with Gasteiger partial charge in [-0.3, -0.25) is 0 Å². The minimum atomic E-state index is 0.207. The Hall–Kier alpha value is -0.330. The zero-order valence-corrected chi connectivity index (χ0v) is 11.4. The summed E-state index contributed by atoms with van der Waals surface area (Å²) < 4.78 is 6.81. The lowest BCUT2D eigenvalue weighted by Crippen LogP contribution is -2.19. The third-order valence-corrected chi connectivity index (χ3v) is 2.84. The maximum atomic E-state index is 8.55. The van der Waals surface area contributed by atoms with Gasteiger partial charge in [-0.2, -0.15) is 0 Å². The smallest absolute Gasteiger partial charge is 0.119 e. The van der Waals surface area contributed by atoms with Gasteiger partial charge in [0.2, 0.25) is 0 Å². The van der Waals surface area contributed by atoms with Gasteiger partial charge in [-0.05, 0) is 66.2 Å². The third-order valence-electron chi connectivity index (χ3n) is 2.12. The zero-order chi connectivity index (χ0) is 11.6. The van der Waals surface area contributed by atoms with E-state index in [0.717, 1.165) is 31.7 Å². The number of benzene rings is 1. The summed E-state index contributed by atoms with van der Waals surface area (Å²) in [6, 6.07) is 8.06. The van der Waals surface area contributed by atoms with Gasteiger partial charge in [0.25, 0.3) is 0 Å². The predicted octanol–water partition coefficient (Wildman–Crippen LogP) is 2.03. The first-order valence-electron chi connectivity index (χ1n) is 5.53. The lowest BCUT2D eigenvalue weighted by atomic mass is 10.3. The third kappa shape index (κ3) is 6.30. The molecule has 0 unspecified atom stereocenters. The van der Waals surface area contributed by atoms with Crippen molar-refractivity contribution < 1.29 is 9.84 Å². The van der Waals surface area contributed by atoms with Gasteiger partial charge >= 0.3 is 0 Å². The Balaban J connectivity index is 2.01. The highest BCUT2D eigenvalue weighted by Crippen LogP contribution is 2.13. The van der Waals surface area contributed by atoms with Crippen LogP contribution in [-0.2, 0) is 0 Å². The topological polar surface area (TPSA) is 41.5 Å². The van der Waals surface area contributed by atoms with Crippen molar-refractivity contribution >= 4 is 22.6 Å². The van der Waals surface area contributed by atoms with E-state index in [0.29, 0.717) is 6.54 Å². The molecule has 0 atom stereocenters. The monoisotopic (exact) mass is 335 g/mol. The Labute approximate surface area is 110 Å². The quantitative estimate of drug-likeness (QED) is 0.564. The van der Waals surface area contributed by atoms with Crippen LogP contribution in [0.2, 0.25) is 0 Å². The fourth-order valence-corrected chi connectivity index (χ4v) is 1.64. The van der Waals surface area contributed by atoms with Gasteiger partial charge in [-0.15, -0.1) is 0 Å². The molecule has 1 rings (SSSR count). The Kier molecular flexibility index (Phi) is 7.54. The van der Waals surface area contributed by atoms with Crippen molar-refractivity contribution in [2.45, 2.75) is 12.8 Å². The molecule has 3 nitrogen and oxygen atoms in total. The lowest BCUT2D eigenvalue weighted by Gasteiger charge is -2.06. The molecule has 0 radical (unpaired) electrons. The first-order valence-corrected chi connectivity index (χ1v) is 6.61. The molecule has 0 amide bonds. The van der Waals surface area contributed by atoms with Crippen LogP contribution in [0.4, 0.5) is 0 Å². The van der Waals surface area contributed by atoms with Crippen LogP contribution in [0.3, 0.4) is 0 Å². The fourth-order valence-electron chi connectivity index (χ4n) is 1.28. The molecular weight excluding hydrogens is 317 g/mol. The zero-order valence-electron chi connectivity index (χ0n) is 9.29. The van der Waals surface area contributed by atoms with E-state index in [1.54, 1.807) is 0 Å². The number of hydrogen-bond acceptors (Lipinski definition) is 3. The van der Waals surface area contributed by atoms with E-state index in [-0.39, 0.29) is 6.61 Å². The van der Waals surface area contributed by atoms with Gasteiger partial charge in [0, 0.05) is 10.1 Å². The van der Waals surface area contributed by atoms with E-state index in [4.69, 9.17) is 9.84 Å². The second-order valence-electron chi connectivity index (χ2n) is 3.48. The number of unbranched alkanes of at least 4 members (excludes halogenated alkanes) is 1. The molecule has 1 aromatic carbocycles. The van der Waals surface area contributed by atoms with Crippen LogP contribution in [0.5, 0.6) is 5.75 Å². The Morgan fingerprint density at radius 2 is 1.88 bits per heavy atom. The molecule has 0 aliphatic rings. The number of rotatable bonds is 8. The molecule has 1 aromatic rings. The Morgan fingerprint density at radius 1 is 1.12 bits per heavy atom. The average Bonchev–Trinajstić information content (AvgIpc) is 2.30. The maximum absolute atomic E-state index is 8.55. The number of nitrogens with one attached hydrogen (secondary N) is 1. The van der Waals surface area contributed by atoms with E-state index in [9.17, 15) is 0 Å². The second-order valence-corrected chi connectivity index (χ2v) is 4.73. The predicted molar refractivity (Wildman–Crippen MR) is 73.8 cm³/mol. The Morgan fingerprint density at radius 3 is 2.56 bits per heavy atom. The summed E-state index contributed by atoms with van der Waals surface area (Å²) >= 11 is 2.28. The molecule has 0 saturated heterocycles. The number of halogens is 1. The van der Waals surface area contributed by atoms with Crippen molar-refractivity contribution in [2.24, 2.45) is 0 Å². The fraction of sp³-hybridized carbons (Fsp3) is 0.500. The van der Waals surface area contributed by atoms with Crippen molar-refractivity contribution in [3.63, 3.8) is 0 Å². The van der Waals surface area contributed by atoms with Crippen LogP contribution in [0.25, 0.3) is 0 Å².